The van der Waals surface area contributed by atoms with E-state index in [-0.39, 0.29) is 18.2 Å². The molecule has 19 heavy (non-hydrogen) atoms. The van der Waals surface area contributed by atoms with Gasteiger partial charge in [-0.1, -0.05) is 32.0 Å². The molecule has 0 spiro atoms. The first-order chi connectivity index (χ1) is 8.99. The molecule has 0 saturated heterocycles. The first-order valence-corrected chi connectivity index (χ1v) is 6.70. The molecule has 0 aromatic heterocycles. The zero-order valence-electron chi connectivity index (χ0n) is 11.6. The Hall–Kier alpha value is -1.55. The van der Waals surface area contributed by atoms with Crippen molar-refractivity contribution in [2.45, 2.75) is 39.2 Å². The van der Waals surface area contributed by atoms with Crippen molar-refractivity contribution in [1.29, 1.82) is 0 Å². The van der Waals surface area contributed by atoms with Gasteiger partial charge in [-0.3, -0.25) is 4.79 Å². The number of para-hydroxylation sites is 1. The van der Waals surface area contributed by atoms with Gasteiger partial charge in [0.1, 0.15) is 5.75 Å². The van der Waals surface area contributed by atoms with Crippen LogP contribution in [0.2, 0.25) is 0 Å². The highest BCUT2D eigenvalue weighted by Crippen LogP contribution is 2.17. The Balaban J connectivity index is 2.27. The fourth-order valence-corrected chi connectivity index (χ4v) is 1.92. The molecule has 0 aliphatic heterocycles. The fourth-order valence-electron chi connectivity index (χ4n) is 1.92. The number of rotatable bonds is 7. The molecule has 4 heteroatoms. The lowest BCUT2D eigenvalue weighted by molar-refractivity contribution is -0.121. The first kappa shape index (κ1) is 15.5. The Bertz CT molecular complexity index is 404. The summed E-state index contributed by atoms with van der Waals surface area (Å²) < 4.78 is 0. The lowest BCUT2D eigenvalue weighted by Crippen LogP contribution is -2.32. The number of carbonyl (C=O) groups is 1. The molecule has 0 saturated carbocycles. The van der Waals surface area contributed by atoms with Gasteiger partial charge in [-0.05, 0) is 30.4 Å². The lowest BCUT2D eigenvalue weighted by Gasteiger charge is -2.13. The number of nitrogens with one attached hydrogen (secondary N) is 1. The van der Waals surface area contributed by atoms with Gasteiger partial charge in [-0.2, -0.15) is 0 Å². The van der Waals surface area contributed by atoms with Crippen molar-refractivity contribution in [3.8, 4) is 5.75 Å². The predicted molar refractivity (Wildman–Crippen MR) is 74.9 cm³/mol. The molecule has 0 fully saturated rings. The van der Waals surface area contributed by atoms with Crippen molar-refractivity contribution in [3.63, 3.8) is 0 Å². The molecule has 4 nitrogen and oxygen atoms in total. The molecule has 1 amide bonds. The van der Waals surface area contributed by atoms with Crippen molar-refractivity contribution in [1.82, 2.24) is 5.32 Å². The maximum Gasteiger partial charge on any atom is 0.220 e. The third-order valence-corrected chi connectivity index (χ3v) is 2.89. The van der Waals surface area contributed by atoms with Gasteiger partial charge in [0.15, 0.2) is 0 Å². The Labute approximate surface area is 114 Å². The van der Waals surface area contributed by atoms with E-state index in [1.807, 2.05) is 19.9 Å². The molecule has 1 aromatic carbocycles. The van der Waals surface area contributed by atoms with Crippen LogP contribution in [0, 0.1) is 5.92 Å². The molecule has 1 atom stereocenters. The summed E-state index contributed by atoms with van der Waals surface area (Å²) in [6, 6.07) is 7.00. The summed E-state index contributed by atoms with van der Waals surface area (Å²) >= 11 is 0. The normalized spacial score (nSPS) is 12.4. The number of hydrogen-bond acceptors (Lipinski definition) is 3. The van der Waals surface area contributed by atoms with E-state index in [1.165, 1.54) is 0 Å². The molecule has 0 heterocycles. The zero-order chi connectivity index (χ0) is 14.3. The molecule has 0 aliphatic rings. The van der Waals surface area contributed by atoms with Crippen molar-refractivity contribution in [2.75, 3.05) is 6.54 Å². The van der Waals surface area contributed by atoms with E-state index < -0.39 is 6.10 Å². The Morgan fingerprint density at radius 1 is 1.32 bits per heavy atom. The first-order valence-electron chi connectivity index (χ1n) is 6.70. The van der Waals surface area contributed by atoms with Crippen LogP contribution < -0.4 is 5.32 Å². The van der Waals surface area contributed by atoms with E-state index in [4.69, 9.17) is 0 Å². The van der Waals surface area contributed by atoms with Crippen LogP contribution in [0.5, 0.6) is 5.75 Å². The Morgan fingerprint density at radius 2 is 2.00 bits per heavy atom. The second-order valence-electron chi connectivity index (χ2n) is 5.22. The lowest BCUT2D eigenvalue weighted by atomic mass is 10.1. The van der Waals surface area contributed by atoms with Crippen molar-refractivity contribution in [3.05, 3.63) is 29.8 Å². The molecule has 0 aliphatic carbocycles. The number of benzene rings is 1. The molecule has 3 N–H and O–H groups in total. The summed E-state index contributed by atoms with van der Waals surface area (Å²) in [5.41, 5.74) is 0.764. The van der Waals surface area contributed by atoms with E-state index in [0.29, 0.717) is 25.2 Å². The second-order valence-corrected chi connectivity index (χ2v) is 5.22. The van der Waals surface area contributed by atoms with E-state index in [2.05, 4.69) is 5.32 Å². The number of carbonyl (C=O) groups excluding carboxylic acids is 1. The molecule has 0 radical (unpaired) electrons. The van der Waals surface area contributed by atoms with E-state index >= 15 is 0 Å². The highest BCUT2D eigenvalue weighted by atomic mass is 16.3. The van der Waals surface area contributed by atoms with Gasteiger partial charge in [0.05, 0.1) is 6.10 Å². The van der Waals surface area contributed by atoms with Gasteiger partial charge in [-0.15, -0.1) is 0 Å². The number of aliphatic hydroxyl groups is 1. The van der Waals surface area contributed by atoms with Gasteiger partial charge >= 0.3 is 0 Å². The molecule has 1 unspecified atom stereocenters. The highest BCUT2D eigenvalue weighted by Gasteiger charge is 2.09. The minimum Gasteiger partial charge on any atom is -0.508 e. The standard InChI is InChI=1S/C15H23NO3/c1-11(2)9-13(17)10-16-15(19)8-7-12-5-3-4-6-14(12)18/h3-6,11,13,17-18H,7-10H2,1-2H3,(H,16,19). The second kappa shape index (κ2) is 7.79. The summed E-state index contributed by atoms with van der Waals surface area (Å²) in [5.74, 6) is 0.523. The maximum absolute atomic E-state index is 11.6. The Kier molecular flexibility index (Phi) is 6.36. The van der Waals surface area contributed by atoms with Crippen molar-refractivity contribution >= 4 is 5.91 Å². The predicted octanol–water partition coefficient (Wildman–Crippen LogP) is 1.85. The minimum absolute atomic E-state index is 0.106. The maximum atomic E-state index is 11.6. The number of aromatic hydroxyl groups is 1. The van der Waals surface area contributed by atoms with E-state index in [1.54, 1.807) is 18.2 Å². The molecular formula is C15H23NO3. The number of amides is 1. The monoisotopic (exact) mass is 265 g/mol. The number of aliphatic hydroxyl groups excluding tert-OH is 1. The SMILES string of the molecule is CC(C)CC(O)CNC(=O)CCc1ccccc1O. The molecule has 1 aromatic rings. The van der Waals surface area contributed by atoms with Crippen LogP contribution in [-0.4, -0.2) is 28.8 Å². The van der Waals surface area contributed by atoms with Crippen LogP contribution in [0.3, 0.4) is 0 Å². The minimum atomic E-state index is -0.492. The molecule has 1 rings (SSSR count). The average molecular weight is 265 g/mol. The summed E-state index contributed by atoms with van der Waals surface area (Å²) in [6.45, 7) is 4.35. The highest BCUT2D eigenvalue weighted by molar-refractivity contribution is 5.76. The van der Waals surface area contributed by atoms with Crippen LogP contribution in [0.25, 0.3) is 0 Å². The van der Waals surface area contributed by atoms with Gasteiger partial charge in [-0.25, -0.2) is 0 Å². The fraction of sp³-hybridized carbons (Fsp3) is 0.533. The van der Waals surface area contributed by atoms with Crippen molar-refractivity contribution in [2.24, 2.45) is 5.92 Å². The summed E-state index contributed by atoms with van der Waals surface area (Å²) in [5, 5.41) is 21.9. The number of hydrogen-bond donors (Lipinski definition) is 3. The van der Waals surface area contributed by atoms with E-state index in [0.717, 1.165) is 5.56 Å². The van der Waals surface area contributed by atoms with Crippen molar-refractivity contribution < 1.29 is 15.0 Å². The third kappa shape index (κ3) is 6.25. The van der Waals surface area contributed by atoms with E-state index in [9.17, 15) is 15.0 Å². The van der Waals surface area contributed by atoms with Crippen LogP contribution in [-0.2, 0) is 11.2 Å². The molecule has 0 bridgehead atoms. The summed E-state index contributed by atoms with van der Waals surface area (Å²) in [7, 11) is 0. The Morgan fingerprint density at radius 3 is 2.63 bits per heavy atom. The largest absolute Gasteiger partial charge is 0.508 e. The number of phenols is 1. The van der Waals surface area contributed by atoms with Crippen LogP contribution >= 0.6 is 0 Å². The molecule has 106 valence electrons. The van der Waals surface area contributed by atoms with Crippen LogP contribution in [0.4, 0.5) is 0 Å². The number of aryl methyl sites for hydroxylation is 1. The van der Waals surface area contributed by atoms with Crippen LogP contribution in [0.15, 0.2) is 24.3 Å². The molecular weight excluding hydrogens is 242 g/mol. The third-order valence-electron chi connectivity index (χ3n) is 2.89. The van der Waals surface area contributed by atoms with Gasteiger partial charge in [0.25, 0.3) is 0 Å². The number of phenolic OH excluding ortho intramolecular Hbond substituents is 1. The van der Waals surface area contributed by atoms with Gasteiger partial charge < -0.3 is 15.5 Å². The zero-order valence-corrected chi connectivity index (χ0v) is 11.6. The van der Waals surface area contributed by atoms with Crippen LogP contribution in [0.1, 0.15) is 32.3 Å². The van der Waals surface area contributed by atoms with Gasteiger partial charge in [0, 0.05) is 13.0 Å². The summed E-state index contributed by atoms with van der Waals surface area (Å²) in [6.07, 6.45) is 0.999. The smallest absolute Gasteiger partial charge is 0.220 e. The quantitative estimate of drug-likeness (QED) is 0.704. The van der Waals surface area contributed by atoms with Gasteiger partial charge in [0.2, 0.25) is 5.91 Å². The summed E-state index contributed by atoms with van der Waals surface area (Å²) in [4.78, 5) is 11.6. The topological polar surface area (TPSA) is 69.6 Å². The average Bonchev–Trinajstić information content (AvgIpc) is 2.34.